The second kappa shape index (κ2) is 5.88. The van der Waals surface area contributed by atoms with Crippen molar-refractivity contribution in [3.05, 3.63) is 29.0 Å². The number of nitriles is 1. The summed E-state index contributed by atoms with van der Waals surface area (Å²) in [5.74, 6) is -0.208. The zero-order chi connectivity index (χ0) is 13.0. The zero-order valence-electron chi connectivity index (χ0n) is 10.2. The van der Waals surface area contributed by atoms with Crippen LogP contribution in [0.3, 0.4) is 0 Å². The van der Waals surface area contributed by atoms with E-state index >= 15 is 0 Å². The molecule has 0 bridgehead atoms. The molecule has 0 N–H and O–H groups in total. The van der Waals surface area contributed by atoms with Crippen molar-refractivity contribution in [3.63, 3.8) is 0 Å². The fraction of sp³-hybridized carbons (Fsp3) is 0.462. The number of hydrogen-bond donors (Lipinski definition) is 0. The molecule has 1 unspecified atom stereocenters. The Morgan fingerprint density at radius 2 is 2.12 bits per heavy atom. The molecule has 0 saturated carbocycles. The van der Waals surface area contributed by atoms with E-state index in [1.807, 2.05) is 13.8 Å². The summed E-state index contributed by atoms with van der Waals surface area (Å²) >= 11 is 5.84. The molecule has 0 spiro atoms. The second-order valence-electron chi connectivity index (χ2n) is 4.46. The fourth-order valence-corrected chi connectivity index (χ4v) is 1.74. The molecule has 0 saturated heterocycles. The molecule has 0 fully saturated rings. The number of nitrogens with zero attached hydrogens (tertiary/aromatic N) is 2. The van der Waals surface area contributed by atoms with Crippen LogP contribution in [0.1, 0.15) is 13.8 Å². The lowest BCUT2D eigenvalue weighted by Gasteiger charge is -2.24. The zero-order valence-corrected chi connectivity index (χ0v) is 11.0. The van der Waals surface area contributed by atoms with Crippen molar-refractivity contribution in [1.82, 2.24) is 0 Å². The van der Waals surface area contributed by atoms with E-state index in [4.69, 9.17) is 16.9 Å². The van der Waals surface area contributed by atoms with Crippen molar-refractivity contribution in [1.29, 1.82) is 5.26 Å². The topological polar surface area (TPSA) is 27.0 Å². The van der Waals surface area contributed by atoms with Crippen LogP contribution in [0.25, 0.3) is 0 Å². The third-order valence-corrected chi connectivity index (χ3v) is 3.00. The van der Waals surface area contributed by atoms with Crippen molar-refractivity contribution in [2.45, 2.75) is 13.8 Å². The van der Waals surface area contributed by atoms with Gasteiger partial charge in [0.1, 0.15) is 5.82 Å². The van der Waals surface area contributed by atoms with E-state index < -0.39 is 0 Å². The predicted octanol–water partition coefficient (Wildman–Crippen LogP) is 3.71. The van der Waals surface area contributed by atoms with E-state index in [1.165, 1.54) is 12.1 Å². The lowest BCUT2D eigenvalue weighted by atomic mass is 9.97. The highest BCUT2D eigenvalue weighted by Crippen LogP contribution is 2.24. The van der Waals surface area contributed by atoms with E-state index in [9.17, 15) is 4.39 Å². The summed E-state index contributed by atoms with van der Waals surface area (Å²) in [6, 6.07) is 6.66. The van der Waals surface area contributed by atoms with Crippen LogP contribution in [0.5, 0.6) is 0 Å². The van der Waals surface area contributed by atoms with Gasteiger partial charge in [-0.2, -0.15) is 5.26 Å². The highest BCUT2D eigenvalue weighted by atomic mass is 35.5. The van der Waals surface area contributed by atoms with Gasteiger partial charge in [-0.1, -0.05) is 25.4 Å². The van der Waals surface area contributed by atoms with Crippen LogP contribution >= 0.6 is 11.6 Å². The lowest BCUT2D eigenvalue weighted by molar-refractivity contribution is 0.474. The van der Waals surface area contributed by atoms with Crippen LogP contribution in [0, 0.1) is 29.0 Å². The largest absolute Gasteiger partial charge is 0.371 e. The summed E-state index contributed by atoms with van der Waals surface area (Å²) in [6.07, 6.45) is 0. The molecule has 1 aromatic carbocycles. The minimum absolute atomic E-state index is 0.126. The molecule has 0 radical (unpaired) electrons. The van der Waals surface area contributed by atoms with Crippen molar-refractivity contribution < 1.29 is 4.39 Å². The number of anilines is 1. The van der Waals surface area contributed by atoms with Gasteiger partial charge in [0.25, 0.3) is 0 Å². The minimum atomic E-state index is -0.322. The summed E-state index contributed by atoms with van der Waals surface area (Å²) < 4.78 is 13.6. The maximum Gasteiger partial charge on any atom is 0.146 e. The highest BCUT2D eigenvalue weighted by Gasteiger charge is 2.17. The SMILES string of the molecule is CC(C)C(C#N)CN(C)c1cc(Cl)ccc1F. The van der Waals surface area contributed by atoms with Crippen LogP contribution in [-0.2, 0) is 0 Å². The average Bonchev–Trinajstić information content (AvgIpc) is 2.28. The molecule has 0 aromatic heterocycles. The molecular formula is C13H16ClFN2. The number of benzene rings is 1. The second-order valence-corrected chi connectivity index (χ2v) is 4.89. The standard InChI is InChI=1S/C13H16ClFN2/c1-9(2)10(7-16)8-17(3)13-6-11(14)4-5-12(13)15/h4-6,9-10H,8H2,1-3H3. The third kappa shape index (κ3) is 3.61. The van der Waals surface area contributed by atoms with Gasteiger partial charge < -0.3 is 4.90 Å². The molecule has 1 atom stereocenters. The van der Waals surface area contributed by atoms with Gasteiger partial charge in [-0.15, -0.1) is 0 Å². The van der Waals surface area contributed by atoms with Gasteiger partial charge in [-0.25, -0.2) is 4.39 Å². The number of hydrogen-bond acceptors (Lipinski definition) is 2. The molecule has 2 nitrogen and oxygen atoms in total. The molecule has 1 aromatic rings. The van der Waals surface area contributed by atoms with Gasteiger partial charge in [-0.05, 0) is 24.1 Å². The molecule has 0 amide bonds. The maximum atomic E-state index is 13.6. The Morgan fingerprint density at radius 3 is 2.65 bits per heavy atom. The van der Waals surface area contributed by atoms with E-state index in [0.717, 1.165) is 0 Å². The maximum absolute atomic E-state index is 13.6. The molecule has 92 valence electrons. The monoisotopic (exact) mass is 254 g/mol. The van der Waals surface area contributed by atoms with Crippen molar-refractivity contribution >= 4 is 17.3 Å². The highest BCUT2D eigenvalue weighted by molar-refractivity contribution is 6.30. The van der Waals surface area contributed by atoms with Crippen molar-refractivity contribution in [3.8, 4) is 6.07 Å². The van der Waals surface area contributed by atoms with Gasteiger partial charge in [0, 0.05) is 18.6 Å². The van der Waals surface area contributed by atoms with E-state index in [0.29, 0.717) is 17.3 Å². The Morgan fingerprint density at radius 1 is 1.47 bits per heavy atom. The van der Waals surface area contributed by atoms with Crippen LogP contribution in [0.2, 0.25) is 5.02 Å². The van der Waals surface area contributed by atoms with E-state index in [2.05, 4.69) is 6.07 Å². The Kier molecular flexibility index (Phi) is 4.77. The molecule has 0 aliphatic carbocycles. The molecule has 0 aliphatic rings. The molecular weight excluding hydrogens is 239 g/mol. The average molecular weight is 255 g/mol. The van der Waals surface area contributed by atoms with Gasteiger partial charge in [-0.3, -0.25) is 0 Å². The van der Waals surface area contributed by atoms with E-state index in [1.54, 1.807) is 18.0 Å². The Balaban J connectivity index is 2.86. The predicted molar refractivity (Wildman–Crippen MR) is 68.6 cm³/mol. The number of halogens is 2. The molecule has 1 rings (SSSR count). The summed E-state index contributed by atoms with van der Waals surface area (Å²) in [6.45, 7) is 4.46. The summed E-state index contributed by atoms with van der Waals surface area (Å²) in [7, 11) is 1.77. The third-order valence-electron chi connectivity index (χ3n) is 2.76. The van der Waals surface area contributed by atoms with Crippen LogP contribution < -0.4 is 4.90 Å². The Labute approximate surface area is 107 Å². The van der Waals surface area contributed by atoms with Crippen LogP contribution in [0.4, 0.5) is 10.1 Å². The Bertz CT molecular complexity index is 426. The summed E-state index contributed by atoms with van der Waals surface area (Å²) in [4.78, 5) is 1.73. The summed E-state index contributed by atoms with van der Waals surface area (Å²) in [5, 5.41) is 9.51. The smallest absolute Gasteiger partial charge is 0.146 e. The first-order valence-electron chi connectivity index (χ1n) is 5.51. The first-order chi connectivity index (χ1) is 7.95. The molecule has 17 heavy (non-hydrogen) atoms. The van der Waals surface area contributed by atoms with E-state index in [-0.39, 0.29) is 17.7 Å². The first-order valence-corrected chi connectivity index (χ1v) is 5.89. The normalized spacial score (nSPS) is 12.3. The van der Waals surface area contributed by atoms with Gasteiger partial charge in [0.2, 0.25) is 0 Å². The van der Waals surface area contributed by atoms with Gasteiger partial charge >= 0.3 is 0 Å². The molecule has 0 aliphatic heterocycles. The number of rotatable bonds is 4. The minimum Gasteiger partial charge on any atom is -0.371 e. The van der Waals surface area contributed by atoms with Crippen molar-refractivity contribution in [2.24, 2.45) is 11.8 Å². The summed E-state index contributed by atoms with van der Waals surface area (Å²) in [5.41, 5.74) is 0.429. The fourth-order valence-electron chi connectivity index (χ4n) is 1.57. The van der Waals surface area contributed by atoms with Gasteiger partial charge in [0.05, 0.1) is 17.7 Å². The Hall–Kier alpha value is -1.27. The first kappa shape index (κ1) is 13.8. The van der Waals surface area contributed by atoms with Crippen LogP contribution in [-0.4, -0.2) is 13.6 Å². The quantitative estimate of drug-likeness (QED) is 0.819. The molecule has 4 heteroatoms. The molecule has 0 heterocycles. The van der Waals surface area contributed by atoms with Crippen molar-refractivity contribution in [2.75, 3.05) is 18.5 Å². The van der Waals surface area contributed by atoms with Gasteiger partial charge in [0.15, 0.2) is 0 Å². The lowest BCUT2D eigenvalue weighted by Crippen LogP contribution is -2.28. The van der Waals surface area contributed by atoms with Crippen LogP contribution in [0.15, 0.2) is 18.2 Å².